The van der Waals surface area contributed by atoms with Crippen LogP contribution in [0.2, 0.25) is 0 Å². The van der Waals surface area contributed by atoms with Gasteiger partial charge in [-0.1, -0.05) is 82.4 Å². The molecule has 4 saturated carbocycles. The Bertz CT molecular complexity index is 2430. The molecule has 4 heterocycles. The average molecular weight is 1020 g/mol. The summed E-state index contributed by atoms with van der Waals surface area (Å²) in [5.41, 5.74) is 3.56. The van der Waals surface area contributed by atoms with Gasteiger partial charge in [-0.05, 0) is 190 Å². The Morgan fingerprint density at radius 1 is 0.859 bits per heavy atom. The van der Waals surface area contributed by atoms with Gasteiger partial charge in [0.2, 0.25) is 10.4 Å². The summed E-state index contributed by atoms with van der Waals surface area (Å²) >= 11 is 0. The second-order valence-electron chi connectivity index (χ2n) is 28.4. The normalized spacial score (nSPS) is 49.8. The van der Waals surface area contributed by atoms with Crippen LogP contribution in [-0.2, 0) is 33.6 Å². The van der Waals surface area contributed by atoms with E-state index in [9.17, 15) is 33.1 Å². The van der Waals surface area contributed by atoms with E-state index in [0.717, 1.165) is 70.6 Å². The summed E-state index contributed by atoms with van der Waals surface area (Å²) in [6.07, 6.45) is 13.7. The SMILES string of the molecule is C[C@H](CC[C@@H]1O[C@@H]([C@@H](C)C2CCC3C4=C(CC[C@@]32C)[C@@]23COC(O)(C(O)C2)C(C)(C)C3C(OS(=O)(=O)[O-])C4)C[C@@H]2C[C@@]1(C)OC2(C)C)[C@H]1CCC2C3=C(CC[C@@]21C)[C@@]1(C)CC(O)C(=O)C(C)(C)C1=CC3.[Na+]. The average Bonchev–Trinajstić information content (AvgIpc) is 3.84. The molecule has 392 valence electrons. The Morgan fingerprint density at radius 3 is 2.15 bits per heavy atom. The molecule has 0 radical (unpaired) electrons. The smallest absolute Gasteiger partial charge is 0.726 e. The molecule has 0 aromatic rings. The molecule has 12 aliphatic rings. The van der Waals surface area contributed by atoms with Gasteiger partial charge in [0, 0.05) is 27.6 Å². The van der Waals surface area contributed by atoms with Gasteiger partial charge in [-0.15, -0.1) is 0 Å². The molecule has 4 aliphatic heterocycles. The molecule has 11 nitrogen and oxygen atoms in total. The summed E-state index contributed by atoms with van der Waals surface area (Å²) in [4.78, 5) is 13.2. The van der Waals surface area contributed by atoms with E-state index in [1.54, 1.807) is 5.57 Å². The van der Waals surface area contributed by atoms with Crippen molar-refractivity contribution in [2.45, 2.75) is 233 Å². The molecular weight excluding hydrogens is 928 g/mol. The Hall–Kier alpha value is -0.480. The van der Waals surface area contributed by atoms with Crippen molar-refractivity contribution in [2.24, 2.45) is 79.8 Å². The van der Waals surface area contributed by atoms with Crippen LogP contribution in [0.15, 0.2) is 33.9 Å². The minimum atomic E-state index is -5.06. The first-order valence-corrected chi connectivity index (χ1v) is 29.1. The molecule has 0 aromatic carbocycles. The van der Waals surface area contributed by atoms with Crippen molar-refractivity contribution in [1.29, 1.82) is 0 Å². The van der Waals surface area contributed by atoms with E-state index in [0.29, 0.717) is 42.4 Å². The van der Waals surface area contributed by atoms with Gasteiger partial charge in [0.15, 0.2) is 11.6 Å². The maximum absolute atomic E-state index is 13.2. The Morgan fingerprint density at radius 2 is 1.49 bits per heavy atom. The van der Waals surface area contributed by atoms with Crippen LogP contribution in [0, 0.1) is 79.8 Å². The Kier molecular flexibility index (Phi) is 12.9. The molecule has 3 N–H and O–H groups in total. The monoisotopic (exact) mass is 1010 g/mol. The van der Waals surface area contributed by atoms with E-state index in [1.807, 2.05) is 27.7 Å². The molecule has 4 bridgehead atoms. The van der Waals surface area contributed by atoms with Crippen molar-refractivity contribution >= 4 is 16.2 Å². The summed E-state index contributed by atoms with van der Waals surface area (Å²) in [5, 5.41) is 34.3. The number of aliphatic hydroxyl groups is 3. The van der Waals surface area contributed by atoms with E-state index < -0.39 is 56.7 Å². The number of Topliss-reactive ketones (excluding diaryl/α,β-unsaturated/α-hetero) is 1. The maximum atomic E-state index is 13.2. The van der Waals surface area contributed by atoms with Gasteiger partial charge >= 0.3 is 29.6 Å². The van der Waals surface area contributed by atoms with E-state index in [4.69, 9.17) is 18.4 Å². The molecule has 1 spiro atoms. The third kappa shape index (κ3) is 7.50. The summed E-state index contributed by atoms with van der Waals surface area (Å²) in [7, 11) is -5.06. The van der Waals surface area contributed by atoms with Gasteiger partial charge in [0.25, 0.3) is 0 Å². The van der Waals surface area contributed by atoms with Gasteiger partial charge in [-0.2, -0.15) is 0 Å². The first-order chi connectivity index (χ1) is 32.4. The number of ketones is 1. The number of fused-ring (bicyclic) bond motifs is 10. The van der Waals surface area contributed by atoms with Gasteiger partial charge in [0.1, 0.15) is 12.2 Å². The van der Waals surface area contributed by atoms with Crippen LogP contribution in [0.4, 0.5) is 0 Å². The third-order valence-corrected chi connectivity index (χ3v) is 24.7. The topological polar surface area (TPSA) is 172 Å². The van der Waals surface area contributed by atoms with Crippen LogP contribution in [-0.4, -0.2) is 88.2 Å². The fraction of sp³-hybridized carbons (Fsp3) is 0.879. The molecule has 0 aromatic heterocycles. The summed E-state index contributed by atoms with van der Waals surface area (Å²) in [6, 6.07) is 0. The van der Waals surface area contributed by atoms with E-state index in [2.05, 4.69) is 61.5 Å². The van der Waals surface area contributed by atoms with E-state index in [1.165, 1.54) is 35.1 Å². The summed E-state index contributed by atoms with van der Waals surface area (Å²) in [5.74, 6) is 0.389. The van der Waals surface area contributed by atoms with Gasteiger partial charge in [-0.3, -0.25) is 8.98 Å². The Labute approximate surface area is 448 Å². The fourth-order valence-electron chi connectivity index (χ4n) is 21.0. The molecule has 0 amide bonds. The van der Waals surface area contributed by atoms with Crippen LogP contribution in [0.25, 0.3) is 0 Å². The molecular formula is C58H87NaO11S. The van der Waals surface area contributed by atoms with Crippen LogP contribution in [0.1, 0.15) is 186 Å². The second kappa shape index (κ2) is 17.0. The minimum Gasteiger partial charge on any atom is -0.726 e. The van der Waals surface area contributed by atoms with Crippen LogP contribution in [0.5, 0.6) is 0 Å². The molecule has 8 fully saturated rings. The van der Waals surface area contributed by atoms with Crippen molar-refractivity contribution in [1.82, 2.24) is 0 Å². The summed E-state index contributed by atoms with van der Waals surface area (Å²) < 4.78 is 63.8. The molecule has 8 aliphatic carbocycles. The number of carbonyl (C=O) groups excluding carboxylic acids is 1. The van der Waals surface area contributed by atoms with Crippen molar-refractivity contribution in [3.63, 3.8) is 0 Å². The zero-order valence-corrected chi connectivity index (χ0v) is 48.4. The maximum Gasteiger partial charge on any atom is 1.00 e. The first-order valence-electron chi connectivity index (χ1n) is 27.8. The van der Waals surface area contributed by atoms with Crippen molar-refractivity contribution in [3.8, 4) is 0 Å². The number of hydrogen-bond acceptors (Lipinski definition) is 11. The number of ether oxygens (including phenoxy) is 3. The number of hydrogen-bond donors (Lipinski definition) is 3. The molecule has 71 heavy (non-hydrogen) atoms. The molecule has 8 unspecified atom stereocenters. The molecule has 12 rings (SSSR count). The zero-order valence-electron chi connectivity index (χ0n) is 45.6. The van der Waals surface area contributed by atoms with Gasteiger partial charge in [-0.25, -0.2) is 8.42 Å². The predicted octanol–water partition coefficient (Wildman–Crippen LogP) is 7.08. The first kappa shape index (κ1) is 53.9. The van der Waals surface area contributed by atoms with Crippen molar-refractivity contribution < 1.29 is 81.0 Å². The number of carbonyl (C=O) groups is 1. The molecule has 13 heteroatoms. The molecule has 4 saturated heterocycles. The Balaban J connectivity index is 0.00000582. The third-order valence-electron chi connectivity index (χ3n) is 24.2. The van der Waals surface area contributed by atoms with Crippen molar-refractivity contribution in [3.05, 3.63) is 33.9 Å². The minimum absolute atomic E-state index is 0. The van der Waals surface area contributed by atoms with Crippen LogP contribution in [0.3, 0.4) is 0 Å². The van der Waals surface area contributed by atoms with Crippen LogP contribution < -0.4 is 29.6 Å². The van der Waals surface area contributed by atoms with Crippen molar-refractivity contribution in [2.75, 3.05) is 6.61 Å². The fourth-order valence-corrected chi connectivity index (χ4v) is 21.5. The second-order valence-corrected chi connectivity index (χ2v) is 29.4. The van der Waals surface area contributed by atoms with E-state index >= 15 is 0 Å². The quantitative estimate of drug-likeness (QED) is 0.0983. The largest absolute Gasteiger partial charge is 1.00 e. The zero-order chi connectivity index (χ0) is 50.5. The number of allylic oxidation sites excluding steroid dienone is 4. The predicted molar refractivity (Wildman–Crippen MR) is 264 cm³/mol. The standard InChI is InChI=1S/C58H88O11S.Na/c1-31(36-15-17-38-34-14-19-45-50(3,4)49(61)42(59)28-55(45,11)40(34)21-23-53(36,38)9)13-20-47-56(12)27-33(52(7,8)69-56)25-43(67-47)32(2)37-16-18-39-35-26-44(68-70(63,64)65)48-51(5,6)58(62)46(60)29-57(48,30-66-58)41(35)22-24-54(37,39)10;/h19,31-33,36-39,42-44,46-48,59-60,62H,13-18,20-30H2,1-12H3,(H,63,64,65);/q;+1/p-1/t31-,32+,33-,36-,37?,38?,39?,42?,43-,44?,46?,47+,48?,53-,54-,55-,56-,57+,58?;/m1./s1. The van der Waals surface area contributed by atoms with Gasteiger partial charge < -0.3 is 34.1 Å². The van der Waals surface area contributed by atoms with E-state index in [-0.39, 0.29) is 99.9 Å². The number of aliphatic hydroxyl groups excluding tert-OH is 2. The van der Waals surface area contributed by atoms with Crippen LogP contribution >= 0.6 is 0 Å². The number of rotatable bonds is 8. The molecule has 19 atom stereocenters. The van der Waals surface area contributed by atoms with Gasteiger partial charge in [0.05, 0.1) is 36.1 Å². The summed E-state index contributed by atoms with van der Waals surface area (Å²) in [6.45, 7) is 27.0.